The van der Waals surface area contributed by atoms with E-state index in [9.17, 15) is 10.2 Å². The van der Waals surface area contributed by atoms with E-state index in [1.165, 1.54) is 8.70 Å². The van der Waals surface area contributed by atoms with Gasteiger partial charge >= 0.3 is 105 Å². The molecule has 0 aromatic heterocycles. The number of phenolic OH excluding ortho intramolecular Hbond substituents is 2. The molecule has 16 heavy (non-hydrogen) atoms. The van der Waals surface area contributed by atoms with Crippen molar-refractivity contribution in [3.63, 3.8) is 0 Å². The van der Waals surface area contributed by atoms with Crippen molar-refractivity contribution in [2.75, 3.05) is 0 Å². The van der Waals surface area contributed by atoms with Gasteiger partial charge < -0.3 is 0 Å². The molecule has 0 spiro atoms. The zero-order valence-electron chi connectivity index (χ0n) is 8.41. The Balaban J connectivity index is 2.21. The fourth-order valence-corrected chi connectivity index (χ4v) is 8.38. The Kier molecular flexibility index (Phi) is 3.98. The zero-order valence-corrected chi connectivity index (χ0v) is 12.2. The number of benzene rings is 2. The molecule has 0 bridgehead atoms. The molecule has 0 heterocycles. The molecule has 0 radical (unpaired) electrons. The van der Waals surface area contributed by atoms with Crippen molar-refractivity contribution in [3.8, 4) is 11.5 Å². The van der Waals surface area contributed by atoms with Crippen LogP contribution in [-0.2, 0) is 0 Å². The van der Waals surface area contributed by atoms with E-state index in [1.54, 1.807) is 12.1 Å². The van der Waals surface area contributed by atoms with Crippen molar-refractivity contribution >= 4 is 35.0 Å². The van der Waals surface area contributed by atoms with Crippen molar-refractivity contribution < 1.29 is 10.2 Å². The summed E-state index contributed by atoms with van der Waals surface area (Å²) in [7, 11) is 0. The molecule has 0 fully saturated rings. The van der Waals surface area contributed by atoms with Gasteiger partial charge in [0.25, 0.3) is 0 Å². The second kappa shape index (κ2) is 5.47. The topological polar surface area (TPSA) is 40.5 Å². The van der Waals surface area contributed by atoms with Crippen molar-refractivity contribution in [3.05, 3.63) is 48.5 Å². The van der Waals surface area contributed by atoms with Gasteiger partial charge in [-0.3, -0.25) is 0 Å². The number of rotatable bonds is 2. The molecule has 0 aliphatic carbocycles. The molecule has 80 valence electrons. The Morgan fingerprint density at radius 3 is 1.50 bits per heavy atom. The summed E-state index contributed by atoms with van der Waals surface area (Å²) in [5, 5.41) is 18.7. The van der Waals surface area contributed by atoms with Crippen LogP contribution in [0.5, 0.6) is 11.5 Å². The Labute approximate surface area is 105 Å². The normalized spacial score (nSPS) is 10.8. The zero-order chi connectivity index (χ0) is 11.4. The molecular weight excluding hydrogens is 326 g/mol. The Morgan fingerprint density at radius 2 is 1.12 bits per heavy atom. The van der Waals surface area contributed by atoms with E-state index < -0.39 is 0 Å². The second-order valence-corrected chi connectivity index (χ2v) is 10.6. The van der Waals surface area contributed by atoms with Crippen LogP contribution in [0.2, 0.25) is 0 Å². The molecule has 0 aliphatic rings. The van der Waals surface area contributed by atoms with Crippen LogP contribution in [0.25, 0.3) is 0 Å². The third-order valence-electron chi connectivity index (χ3n) is 1.94. The predicted octanol–water partition coefficient (Wildman–Crippen LogP) is 0.372. The van der Waals surface area contributed by atoms with Gasteiger partial charge in [-0.2, -0.15) is 0 Å². The fourth-order valence-electron chi connectivity index (χ4n) is 1.23. The van der Waals surface area contributed by atoms with E-state index in [1.807, 2.05) is 24.3 Å². The van der Waals surface area contributed by atoms with Crippen LogP contribution in [0.3, 0.4) is 0 Å². The van der Waals surface area contributed by atoms with Crippen LogP contribution < -0.4 is 8.70 Å². The molecule has 2 N–H and O–H groups in total. The third kappa shape index (κ3) is 3.33. The average Bonchev–Trinajstić information content (AvgIpc) is 2.27. The molecule has 0 unspecified atom stereocenters. The van der Waals surface area contributed by atoms with Crippen LogP contribution in [0.1, 0.15) is 0 Å². The maximum absolute atomic E-state index is 9.34. The Hall–Kier alpha value is -0.843. The molecule has 0 saturated heterocycles. The summed E-state index contributed by atoms with van der Waals surface area (Å²) < 4.78 is 2.47. The second-order valence-electron chi connectivity index (χ2n) is 3.24. The van der Waals surface area contributed by atoms with Crippen LogP contribution in [0.15, 0.2) is 48.5 Å². The molecule has 2 rings (SSSR count). The van der Waals surface area contributed by atoms with Crippen LogP contribution in [0.4, 0.5) is 0 Å². The van der Waals surface area contributed by atoms with E-state index in [-0.39, 0.29) is 26.3 Å². The number of aromatic hydroxyl groups is 2. The van der Waals surface area contributed by atoms with Crippen molar-refractivity contribution in [2.24, 2.45) is 0 Å². The minimum absolute atomic E-state index is 0.0906. The molecule has 0 aliphatic heterocycles. The summed E-state index contributed by atoms with van der Waals surface area (Å²) >= 11 is 0.181. The first-order chi connectivity index (χ1) is 7.74. The third-order valence-corrected chi connectivity index (χ3v) is 10.4. The van der Waals surface area contributed by atoms with E-state index in [4.69, 9.17) is 0 Å². The van der Waals surface area contributed by atoms with Crippen molar-refractivity contribution in [1.29, 1.82) is 0 Å². The van der Waals surface area contributed by atoms with Crippen molar-refractivity contribution in [1.82, 2.24) is 0 Å². The van der Waals surface area contributed by atoms with Gasteiger partial charge in [-0.15, -0.1) is 0 Å². The summed E-state index contributed by atoms with van der Waals surface area (Å²) in [5.41, 5.74) is 0. The van der Waals surface area contributed by atoms with E-state index in [2.05, 4.69) is 12.1 Å². The monoisotopic (exact) mass is 336 g/mol. The van der Waals surface area contributed by atoms with Gasteiger partial charge in [-0.05, 0) is 0 Å². The predicted molar refractivity (Wildman–Crippen MR) is 67.0 cm³/mol. The number of phenols is 2. The van der Waals surface area contributed by atoms with Gasteiger partial charge in [0.1, 0.15) is 0 Å². The van der Waals surface area contributed by atoms with Gasteiger partial charge in [0, 0.05) is 0 Å². The van der Waals surface area contributed by atoms with Gasteiger partial charge in [-0.25, -0.2) is 0 Å². The quantitative estimate of drug-likeness (QED) is 0.779. The number of hydrogen-bond acceptors (Lipinski definition) is 2. The van der Waals surface area contributed by atoms with Crippen LogP contribution in [-0.4, -0.2) is 36.5 Å². The first-order valence-corrected chi connectivity index (χ1v) is 11.8. The first kappa shape index (κ1) is 11.6. The summed E-state index contributed by atoms with van der Waals surface area (Å²) in [4.78, 5) is 0. The fraction of sp³-hybridized carbons (Fsp3) is 0. The molecule has 2 nitrogen and oxygen atoms in total. The van der Waals surface area contributed by atoms with E-state index in [0.717, 1.165) is 0 Å². The van der Waals surface area contributed by atoms with E-state index >= 15 is 0 Å². The summed E-state index contributed by atoms with van der Waals surface area (Å²) in [6.07, 6.45) is 0. The SMILES string of the molecule is Oc1cccc([As]=[As]c2cccc(O)c2)c1. The van der Waals surface area contributed by atoms with Gasteiger partial charge in [0.05, 0.1) is 0 Å². The van der Waals surface area contributed by atoms with Gasteiger partial charge in [0.15, 0.2) is 0 Å². The van der Waals surface area contributed by atoms with Crippen LogP contribution in [0, 0.1) is 0 Å². The standard InChI is InChI=1S/C12H10As2O2/c15-11-5-1-3-9(7-11)13-14-10-4-2-6-12(16)8-10/h1-8,15-16H. The van der Waals surface area contributed by atoms with Gasteiger partial charge in [0.2, 0.25) is 0 Å². The van der Waals surface area contributed by atoms with Gasteiger partial charge in [-0.1, -0.05) is 0 Å². The molecule has 2 aromatic carbocycles. The molecule has 0 saturated carbocycles. The summed E-state index contributed by atoms with van der Waals surface area (Å²) in [6, 6.07) is 14.9. The minimum atomic E-state index is 0.0906. The summed E-state index contributed by atoms with van der Waals surface area (Å²) in [5.74, 6) is 0.676. The molecule has 4 heteroatoms. The first-order valence-electron chi connectivity index (χ1n) is 4.74. The van der Waals surface area contributed by atoms with Crippen LogP contribution >= 0.6 is 0 Å². The van der Waals surface area contributed by atoms with Crippen molar-refractivity contribution in [2.45, 2.75) is 0 Å². The molecule has 2 aromatic rings. The molecule has 0 atom stereocenters. The maximum atomic E-state index is 9.34. The average molecular weight is 336 g/mol. The van der Waals surface area contributed by atoms with E-state index in [0.29, 0.717) is 11.5 Å². The Bertz CT molecular complexity index is 476. The summed E-state index contributed by atoms with van der Waals surface area (Å²) in [6.45, 7) is 0. The molecule has 0 amide bonds. The number of hydrogen-bond donors (Lipinski definition) is 2. The Morgan fingerprint density at radius 1 is 0.688 bits per heavy atom. The molecular formula is C12H10As2O2.